The van der Waals surface area contributed by atoms with Gasteiger partial charge in [0, 0.05) is 30.1 Å². The fraction of sp³-hybridized carbons (Fsp3) is 0.591. The van der Waals surface area contributed by atoms with Crippen LogP contribution in [0.5, 0.6) is 0 Å². The van der Waals surface area contributed by atoms with Crippen molar-refractivity contribution < 1.29 is 9.13 Å². The van der Waals surface area contributed by atoms with Gasteiger partial charge in [0.15, 0.2) is 0 Å². The van der Waals surface area contributed by atoms with Crippen LogP contribution in [0, 0.1) is 5.82 Å². The summed E-state index contributed by atoms with van der Waals surface area (Å²) in [5.74, 6) is 0.194. The third-order valence-electron chi connectivity index (χ3n) is 5.05. The van der Waals surface area contributed by atoms with Crippen LogP contribution in [0.15, 0.2) is 24.3 Å². The van der Waals surface area contributed by atoms with Crippen LogP contribution in [0.25, 0.3) is 5.69 Å². The molecule has 1 aliphatic heterocycles. The largest absolute Gasteiger partial charge is 0.381 e. The monoisotopic (exact) mass is 358 g/mol. The molecule has 0 unspecified atom stereocenters. The summed E-state index contributed by atoms with van der Waals surface area (Å²) >= 11 is 0. The fourth-order valence-electron chi connectivity index (χ4n) is 3.89. The Morgan fingerprint density at radius 2 is 1.54 bits per heavy atom. The number of nitrogens with zero attached hydrogens (tertiary/aromatic N) is 2. The van der Waals surface area contributed by atoms with Crippen LogP contribution in [0.2, 0.25) is 0 Å². The van der Waals surface area contributed by atoms with Gasteiger partial charge < -0.3 is 4.74 Å². The molecule has 0 N–H and O–H groups in total. The lowest BCUT2D eigenvalue weighted by atomic mass is 9.75. The zero-order valence-corrected chi connectivity index (χ0v) is 16.9. The van der Waals surface area contributed by atoms with E-state index in [2.05, 4.69) is 41.5 Å². The molecule has 2 aromatic rings. The minimum atomic E-state index is -0.223. The maximum Gasteiger partial charge on any atom is 0.123 e. The molecule has 1 aliphatic rings. The molecule has 0 atom stereocenters. The second-order valence-corrected chi connectivity index (χ2v) is 9.38. The molecule has 26 heavy (non-hydrogen) atoms. The van der Waals surface area contributed by atoms with Gasteiger partial charge in [-0.3, -0.25) is 0 Å². The van der Waals surface area contributed by atoms with Crippen LogP contribution in [-0.2, 0) is 15.6 Å². The van der Waals surface area contributed by atoms with Crippen LogP contribution < -0.4 is 0 Å². The SMILES string of the molecule is CC(C)(C)c1c(C2CCOCC2)nn(-c2ccc(F)cc2)c1C(C)(C)C. The molecule has 0 aliphatic carbocycles. The molecule has 1 saturated heterocycles. The Kier molecular flexibility index (Phi) is 5.00. The summed E-state index contributed by atoms with van der Waals surface area (Å²) in [6, 6.07) is 6.65. The van der Waals surface area contributed by atoms with Crippen molar-refractivity contribution in [2.24, 2.45) is 0 Å². The molecule has 0 spiro atoms. The molecule has 3 rings (SSSR count). The summed E-state index contributed by atoms with van der Waals surface area (Å²) in [4.78, 5) is 0. The summed E-state index contributed by atoms with van der Waals surface area (Å²) < 4.78 is 21.1. The average molecular weight is 359 g/mol. The molecule has 3 nitrogen and oxygen atoms in total. The number of ether oxygens (including phenoxy) is 1. The number of aromatic nitrogens is 2. The van der Waals surface area contributed by atoms with Gasteiger partial charge in [0.2, 0.25) is 0 Å². The smallest absolute Gasteiger partial charge is 0.123 e. The van der Waals surface area contributed by atoms with Crippen LogP contribution in [0.4, 0.5) is 4.39 Å². The minimum Gasteiger partial charge on any atom is -0.381 e. The van der Waals surface area contributed by atoms with Crippen molar-refractivity contribution in [2.45, 2.75) is 71.1 Å². The molecular formula is C22H31FN2O. The zero-order chi connectivity index (χ0) is 19.1. The number of hydrogen-bond donors (Lipinski definition) is 0. The van der Waals surface area contributed by atoms with Gasteiger partial charge in [-0.05, 0) is 42.5 Å². The molecular weight excluding hydrogens is 327 g/mol. The summed E-state index contributed by atoms with van der Waals surface area (Å²) in [7, 11) is 0. The Bertz CT molecular complexity index is 757. The van der Waals surface area contributed by atoms with Gasteiger partial charge in [-0.1, -0.05) is 41.5 Å². The highest BCUT2D eigenvalue weighted by Crippen LogP contribution is 2.42. The lowest BCUT2D eigenvalue weighted by molar-refractivity contribution is 0.0841. The first-order valence-corrected chi connectivity index (χ1v) is 9.56. The van der Waals surface area contributed by atoms with Gasteiger partial charge in [0.25, 0.3) is 0 Å². The van der Waals surface area contributed by atoms with Crippen molar-refractivity contribution in [1.29, 1.82) is 0 Å². The van der Waals surface area contributed by atoms with E-state index in [1.165, 1.54) is 29.1 Å². The Balaban J connectivity index is 2.26. The predicted molar refractivity (Wildman–Crippen MR) is 104 cm³/mol. The lowest BCUT2D eigenvalue weighted by Crippen LogP contribution is -2.25. The third kappa shape index (κ3) is 3.71. The maximum absolute atomic E-state index is 13.5. The van der Waals surface area contributed by atoms with E-state index in [1.807, 2.05) is 16.8 Å². The second-order valence-electron chi connectivity index (χ2n) is 9.38. The van der Waals surface area contributed by atoms with Crippen molar-refractivity contribution in [3.63, 3.8) is 0 Å². The van der Waals surface area contributed by atoms with E-state index in [4.69, 9.17) is 9.84 Å². The first-order chi connectivity index (χ1) is 12.1. The number of benzene rings is 1. The second kappa shape index (κ2) is 6.80. The first kappa shape index (κ1) is 19.1. The van der Waals surface area contributed by atoms with Gasteiger partial charge >= 0.3 is 0 Å². The zero-order valence-electron chi connectivity index (χ0n) is 16.9. The van der Waals surface area contributed by atoms with E-state index < -0.39 is 0 Å². The summed E-state index contributed by atoms with van der Waals surface area (Å²) in [5.41, 5.74) is 4.57. The highest BCUT2D eigenvalue weighted by atomic mass is 19.1. The van der Waals surface area contributed by atoms with Crippen LogP contribution in [-0.4, -0.2) is 23.0 Å². The minimum absolute atomic E-state index is 0.0193. The highest BCUT2D eigenvalue weighted by molar-refractivity contribution is 5.45. The van der Waals surface area contributed by atoms with Crippen molar-refractivity contribution in [3.8, 4) is 5.69 Å². The summed E-state index contributed by atoms with van der Waals surface area (Å²) in [6.45, 7) is 15.1. The number of hydrogen-bond acceptors (Lipinski definition) is 2. The van der Waals surface area contributed by atoms with E-state index in [0.717, 1.165) is 31.7 Å². The Morgan fingerprint density at radius 1 is 0.962 bits per heavy atom. The van der Waals surface area contributed by atoms with Gasteiger partial charge in [0.1, 0.15) is 5.82 Å². The quantitative estimate of drug-likeness (QED) is 0.709. The topological polar surface area (TPSA) is 27.1 Å². The highest BCUT2D eigenvalue weighted by Gasteiger charge is 2.36. The molecule has 1 fully saturated rings. The van der Waals surface area contributed by atoms with Crippen LogP contribution in [0.1, 0.15) is 77.3 Å². The standard InChI is InChI=1S/C22H31FN2O/c1-21(2,3)18-19(15-11-13-26-14-12-15)24-25(20(18)22(4,5)6)17-9-7-16(23)8-10-17/h7-10,15H,11-14H2,1-6H3. The van der Waals surface area contributed by atoms with Crippen LogP contribution >= 0.6 is 0 Å². The third-order valence-corrected chi connectivity index (χ3v) is 5.05. The number of halogens is 1. The molecule has 0 radical (unpaired) electrons. The predicted octanol–water partition coefficient (Wildman–Crippen LogP) is 5.50. The van der Waals surface area contributed by atoms with E-state index >= 15 is 0 Å². The number of rotatable bonds is 2. The lowest BCUT2D eigenvalue weighted by Gasteiger charge is -2.30. The molecule has 2 heterocycles. The Hall–Kier alpha value is -1.68. The van der Waals surface area contributed by atoms with Crippen molar-refractivity contribution in [3.05, 3.63) is 47.0 Å². The molecule has 0 saturated carbocycles. The van der Waals surface area contributed by atoms with E-state index in [1.54, 1.807) is 0 Å². The van der Waals surface area contributed by atoms with Gasteiger partial charge in [-0.2, -0.15) is 5.10 Å². The van der Waals surface area contributed by atoms with Gasteiger partial charge in [-0.15, -0.1) is 0 Å². The first-order valence-electron chi connectivity index (χ1n) is 9.56. The van der Waals surface area contributed by atoms with Crippen LogP contribution in [0.3, 0.4) is 0 Å². The molecule has 0 amide bonds. The Morgan fingerprint density at radius 3 is 2.04 bits per heavy atom. The summed E-state index contributed by atoms with van der Waals surface area (Å²) in [6.07, 6.45) is 2.01. The molecule has 1 aromatic carbocycles. The van der Waals surface area contributed by atoms with Gasteiger partial charge in [-0.25, -0.2) is 9.07 Å². The van der Waals surface area contributed by atoms with Crippen molar-refractivity contribution in [1.82, 2.24) is 9.78 Å². The fourth-order valence-corrected chi connectivity index (χ4v) is 3.89. The normalized spacial score (nSPS) is 16.9. The molecule has 1 aromatic heterocycles. The molecule has 142 valence electrons. The van der Waals surface area contributed by atoms with E-state index in [-0.39, 0.29) is 16.6 Å². The van der Waals surface area contributed by atoms with E-state index in [0.29, 0.717) is 5.92 Å². The van der Waals surface area contributed by atoms with E-state index in [9.17, 15) is 4.39 Å². The van der Waals surface area contributed by atoms with Gasteiger partial charge in [0.05, 0.1) is 17.1 Å². The maximum atomic E-state index is 13.5. The van der Waals surface area contributed by atoms with Crippen molar-refractivity contribution in [2.75, 3.05) is 13.2 Å². The van der Waals surface area contributed by atoms with Crippen molar-refractivity contribution >= 4 is 0 Å². The summed E-state index contributed by atoms with van der Waals surface area (Å²) in [5, 5.41) is 5.11. The Labute approximate surface area is 156 Å². The molecule has 4 heteroatoms. The molecule has 0 bridgehead atoms. The average Bonchev–Trinajstić information content (AvgIpc) is 2.97.